The molecule has 6 rings (SSSR count). The molecule has 3 aromatic carbocycles. The van der Waals surface area contributed by atoms with Gasteiger partial charge in [-0.15, -0.1) is 5.10 Å². The topological polar surface area (TPSA) is 63.0 Å². The zero-order valence-electron chi connectivity index (χ0n) is 19.0. The molecule has 35 heavy (non-hydrogen) atoms. The van der Waals surface area contributed by atoms with E-state index in [1.807, 2.05) is 28.9 Å². The molecule has 9 heteroatoms. The van der Waals surface area contributed by atoms with Crippen LogP contribution in [0.3, 0.4) is 0 Å². The van der Waals surface area contributed by atoms with Crippen molar-refractivity contribution in [1.29, 1.82) is 0 Å². The molecule has 0 amide bonds. The first-order chi connectivity index (χ1) is 17.2. The summed E-state index contributed by atoms with van der Waals surface area (Å²) in [6, 6.07) is 25.1. The number of hydrogen-bond acceptors (Lipinski definition) is 7. The number of aromatic nitrogens is 5. The fraction of sp³-hybridized carbons (Fsp3) is 0.231. The average Bonchev–Trinajstić information content (AvgIpc) is 3.54. The Morgan fingerprint density at radius 2 is 1.60 bits per heavy atom. The van der Waals surface area contributed by atoms with Gasteiger partial charge in [-0.2, -0.15) is 0 Å². The predicted octanol–water partition coefficient (Wildman–Crippen LogP) is 4.38. The molecule has 0 radical (unpaired) electrons. The Labute approximate surface area is 206 Å². The van der Waals surface area contributed by atoms with Crippen molar-refractivity contribution in [3.05, 3.63) is 102 Å². The van der Waals surface area contributed by atoms with Crippen LogP contribution in [0.2, 0.25) is 0 Å². The molecule has 176 valence electrons. The Morgan fingerprint density at radius 3 is 2.37 bits per heavy atom. The van der Waals surface area contributed by atoms with Crippen molar-refractivity contribution >= 4 is 26.7 Å². The number of halogens is 1. The maximum Gasteiger partial charge on any atom is 0.186 e. The van der Waals surface area contributed by atoms with E-state index in [0.29, 0.717) is 6.54 Å². The molecule has 0 bridgehead atoms. The van der Waals surface area contributed by atoms with Gasteiger partial charge < -0.3 is 4.90 Å². The van der Waals surface area contributed by atoms with E-state index in [-0.39, 0.29) is 11.9 Å². The Hall–Kier alpha value is -3.69. The highest BCUT2D eigenvalue weighted by molar-refractivity contribution is 7.22. The molecule has 0 N–H and O–H groups in total. The first-order valence-corrected chi connectivity index (χ1v) is 12.5. The van der Waals surface area contributed by atoms with Crippen molar-refractivity contribution in [3.8, 4) is 0 Å². The number of rotatable bonds is 6. The van der Waals surface area contributed by atoms with Crippen LogP contribution in [0.5, 0.6) is 0 Å². The Kier molecular flexibility index (Phi) is 5.93. The summed E-state index contributed by atoms with van der Waals surface area (Å²) in [6.07, 6.45) is 0. The van der Waals surface area contributed by atoms with E-state index in [4.69, 9.17) is 4.98 Å². The van der Waals surface area contributed by atoms with Gasteiger partial charge in [-0.3, -0.25) is 4.90 Å². The number of hydrogen-bond donors (Lipinski definition) is 0. The summed E-state index contributed by atoms with van der Waals surface area (Å²) < 4.78 is 16.4. The normalized spacial score (nSPS) is 15.5. The Morgan fingerprint density at radius 1 is 0.857 bits per heavy atom. The summed E-state index contributed by atoms with van der Waals surface area (Å²) in [5.41, 5.74) is 3.15. The first kappa shape index (κ1) is 21.8. The third-order valence-corrected chi connectivity index (χ3v) is 7.49. The van der Waals surface area contributed by atoms with Crippen molar-refractivity contribution in [2.75, 3.05) is 31.1 Å². The van der Waals surface area contributed by atoms with Crippen molar-refractivity contribution in [3.63, 3.8) is 0 Å². The second-order valence-electron chi connectivity index (χ2n) is 8.62. The van der Waals surface area contributed by atoms with Crippen LogP contribution in [0, 0.1) is 5.82 Å². The third-order valence-electron chi connectivity index (χ3n) is 6.40. The van der Waals surface area contributed by atoms with Gasteiger partial charge in [0.15, 0.2) is 11.0 Å². The molecule has 2 aromatic heterocycles. The molecule has 1 saturated heterocycles. The Balaban J connectivity index is 1.26. The minimum absolute atomic E-state index is 0.0795. The van der Waals surface area contributed by atoms with Gasteiger partial charge in [0, 0.05) is 26.2 Å². The van der Waals surface area contributed by atoms with Crippen molar-refractivity contribution < 1.29 is 4.39 Å². The zero-order chi connectivity index (χ0) is 23.6. The number of para-hydroxylation sites is 1. The molecule has 0 spiro atoms. The number of nitrogens with zero attached hydrogens (tertiary/aromatic N) is 7. The molecule has 5 aromatic rings. The van der Waals surface area contributed by atoms with E-state index < -0.39 is 0 Å². The van der Waals surface area contributed by atoms with Crippen LogP contribution in [-0.2, 0) is 6.54 Å². The minimum atomic E-state index is -0.251. The van der Waals surface area contributed by atoms with E-state index in [2.05, 4.69) is 55.7 Å². The molecule has 1 atom stereocenters. The smallest absolute Gasteiger partial charge is 0.186 e. The van der Waals surface area contributed by atoms with Gasteiger partial charge in [-0.05, 0) is 45.8 Å². The number of benzene rings is 3. The Bertz CT molecular complexity index is 1380. The van der Waals surface area contributed by atoms with E-state index in [0.717, 1.165) is 53.8 Å². The summed E-state index contributed by atoms with van der Waals surface area (Å²) in [6.45, 7) is 3.96. The second kappa shape index (κ2) is 9.52. The summed E-state index contributed by atoms with van der Waals surface area (Å²) >= 11 is 1.75. The lowest BCUT2D eigenvalue weighted by atomic mass is 10.0. The lowest BCUT2D eigenvalue weighted by Gasteiger charge is -2.38. The first-order valence-electron chi connectivity index (χ1n) is 11.6. The third kappa shape index (κ3) is 4.52. The molecular weight excluding hydrogens is 461 g/mol. The van der Waals surface area contributed by atoms with Gasteiger partial charge in [0.1, 0.15) is 5.82 Å². The number of anilines is 1. The number of fused-ring (bicyclic) bond motifs is 1. The van der Waals surface area contributed by atoms with Crippen LogP contribution in [0.1, 0.15) is 23.0 Å². The van der Waals surface area contributed by atoms with Crippen molar-refractivity contribution in [2.24, 2.45) is 0 Å². The van der Waals surface area contributed by atoms with Crippen LogP contribution in [0.25, 0.3) is 10.2 Å². The van der Waals surface area contributed by atoms with Gasteiger partial charge in [-0.1, -0.05) is 65.9 Å². The number of tetrazole rings is 1. The molecule has 3 heterocycles. The molecule has 0 aliphatic carbocycles. The summed E-state index contributed by atoms with van der Waals surface area (Å²) in [5, 5.41) is 13.8. The van der Waals surface area contributed by atoms with Crippen molar-refractivity contribution in [1.82, 2.24) is 30.1 Å². The maximum atomic E-state index is 13.4. The van der Waals surface area contributed by atoms with E-state index in [1.165, 1.54) is 16.8 Å². The van der Waals surface area contributed by atoms with Crippen LogP contribution in [0.4, 0.5) is 9.52 Å². The summed E-state index contributed by atoms with van der Waals surface area (Å²) in [5.74, 6) is 0.535. The number of thiazole rings is 1. The van der Waals surface area contributed by atoms with Crippen LogP contribution >= 0.6 is 11.3 Å². The quantitative estimate of drug-likeness (QED) is 0.356. The molecular formula is C26H24FN7S. The van der Waals surface area contributed by atoms with Gasteiger partial charge in [0.25, 0.3) is 0 Å². The van der Waals surface area contributed by atoms with Gasteiger partial charge in [0.2, 0.25) is 0 Å². The summed E-state index contributed by atoms with van der Waals surface area (Å²) in [7, 11) is 0. The van der Waals surface area contributed by atoms with Crippen molar-refractivity contribution in [2.45, 2.75) is 12.6 Å². The fourth-order valence-electron chi connectivity index (χ4n) is 4.61. The molecule has 1 aliphatic rings. The molecule has 1 aliphatic heterocycles. The zero-order valence-corrected chi connectivity index (χ0v) is 19.9. The van der Waals surface area contributed by atoms with E-state index >= 15 is 0 Å². The molecule has 7 nitrogen and oxygen atoms in total. The highest BCUT2D eigenvalue weighted by Gasteiger charge is 2.31. The average molecular weight is 486 g/mol. The minimum Gasteiger partial charge on any atom is -0.345 e. The fourth-order valence-corrected chi connectivity index (χ4v) is 5.63. The standard InChI is InChI=1S/C26H24FN7S/c27-21-12-10-19(11-13-21)18-34-25(29-30-31-34)24(20-6-2-1-3-7-20)32-14-16-33(17-15-32)26-28-22-8-4-5-9-23(22)35-26/h1-13,24H,14-18H2/t24-/m1/s1. The lowest BCUT2D eigenvalue weighted by molar-refractivity contribution is 0.201. The van der Waals surface area contributed by atoms with E-state index in [9.17, 15) is 4.39 Å². The largest absolute Gasteiger partial charge is 0.345 e. The van der Waals surface area contributed by atoms with Gasteiger partial charge >= 0.3 is 0 Å². The highest BCUT2D eigenvalue weighted by Crippen LogP contribution is 2.32. The molecule has 0 saturated carbocycles. The van der Waals surface area contributed by atoms with Gasteiger partial charge in [-0.25, -0.2) is 14.1 Å². The second-order valence-corrected chi connectivity index (χ2v) is 9.63. The monoisotopic (exact) mass is 485 g/mol. The molecule has 1 fully saturated rings. The van der Waals surface area contributed by atoms with Crippen LogP contribution < -0.4 is 4.90 Å². The summed E-state index contributed by atoms with van der Waals surface area (Å²) in [4.78, 5) is 9.65. The van der Waals surface area contributed by atoms with Crippen LogP contribution in [0.15, 0.2) is 78.9 Å². The molecule has 0 unspecified atom stereocenters. The highest BCUT2D eigenvalue weighted by atomic mass is 32.1. The SMILES string of the molecule is Fc1ccc(Cn2nnnc2[C@@H](c2ccccc2)N2CCN(c3nc4ccccc4s3)CC2)cc1. The maximum absolute atomic E-state index is 13.4. The predicted molar refractivity (Wildman–Crippen MR) is 135 cm³/mol. The van der Waals surface area contributed by atoms with Crippen LogP contribution in [-0.4, -0.2) is 56.3 Å². The van der Waals surface area contributed by atoms with Gasteiger partial charge in [0.05, 0.1) is 22.8 Å². The lowest BCUT2D eigenvalue weighted by Crippen LogP contribution is -2.48. The number of piperazine rings is 1. The van der Waals surface area contributed by atoms with E-state index in [1.54, 1.807) is 23.5 Å².